The largest absolute Gasteiger partial charge is 0.349 e. The van der Waals surface area contributed by atoms with Crippen LogP contribution in [0.1, 0.15) is 50.8 Å². The summed E-state index contributed by atoms with van der Waals surface area (Å²) < 4.78 is 0. The standard InChI is InChI=1S/C19H30N2O/c1-13(2)11-15-5-7-16(8-6-15)18(17-9-10-17)21-19(22)14(3)12-20-4/h5-8,13-14,17-18,20H,9-12H2,1-4H3,(H,21,22). The van der Waals surface area contributed by atoms with E-state index in [-0.39, 0.29) is 17.9 Å². The molecule has 22 heavy (non-hydrogen) atoms. The van der Waals surface area contributed by atoms with Gasteiger partial charge in [-0.25, -0.2) is 0 Å². The van der Waals surface area contributed by atoms with Crippen molar-refractivity contribution in [1.82, 2.24) is 10.6 Å². The Bertz CT molecular complexity index is 477. The zero-order valence-electron chi connectivity index (χ0n) is 14.4. The van der Waals surface area contributed by atoms with Crippen LogP contribution in [0.15, 0.2) is 24.3 Å². The monoisotopic (exact) mass is 302 g/mol. The normalized spacial score (nSPS) is 17.3. The molecule has 0 saturated heterocycles. The molecule has 0 heterocycles. The number of hydrogen-bond acceptors (Lipinski definition) is 2. The Balaban J connectivity index is 2.03. The molecule has 0 aliphatic heterocycles. The van der Waals surface area contributed by atoms with Gasteiger partial charge in [0.2, 0.25) is 5.91 Å². The second-order valence-corrected chi connectivity index (χ2v) is 7.12. The fourth-order valence-corrected chi connectivity index (χ4v) is 2.93. The van der Waals surface area contributed by atoms with Gasteiger partial charge in [-0.2, -0.15) is 0 Å². The fraction of sp³-hybridized carbons (Fsp3) is 0.632. The molecule has 2 unspecified atom stereocenters. The zero-order valence-corrected chi connectivity index (χ0v) is 14.4. The van der Waals surface area contributed by atoms with Crippen molar-refractivity contribution in [2.24, 2.45) is 17.8 Å². The van der Waals surface area contributed by atoms with E-state index in [1.165, 1.54) is 24.0 Å². The lowest BCUT2D eigenvalue weighted by Gasteiger charge is -2.22. The van der Waals surface area contributed by atoms with Gasteiger partial charge in [0.05, 0.1) is 6.04 Å². The molecule has 3 nitrogen and oxygen atoms in total. The van der Waals surface area contributed by atoms with E-state index in [1.54, 1.807) is 0 Å². The molecule has 1 amide bonds. The third-order valence-electron chi connectivity index (χ3n) is 4.33. The van der Waals surface area contributed by atoms with Gasteiger partial charge in [-0.1, -0.05) is 45.0 Å². The summed E-state index contributed by atoms with van der Waals surface area (Å²) in [7, 11) is 1.88. The lowest BCUT2D eigenvalue weighted by Crippen LogP contribution is -2.37. The first-order valence-corrected chi connectivity index (χ1v) is 8.55. The topological polar surface area (TPSA) is 41.1 Å². The summed E-state index contributed by atoms with van der Waals surface area (Å²) in [6, 6.07) is 9.01. The van der Waals surface area contributed by atoms with Gasteiger partial charge in [0.1, 0.15) is 0 Å². The highest BCUT2D eigenvalue weighted by Gasteiger charge is 2.34. The summed E-state index contributed by atoms with van der Waals surface area (Å²) in [4.78, 5) is 12.3. The van der Waals surface area contributed by atoms with Crippen LogP contribution in [-0.4, -0.2) is 19.5 Å². The van der Waals surface area contributed by atoms with E-state index in [9.17, 15) is 4.79 Å². The minimum Gasteiger partial charge on any atom is -0.349 e. The first-order chi connectivity index (χ1) is 10.5. The number of amides is 1. The highest BCUT2D eigenvalue weighted by Crippen LogP contribution is 2.41. The average molecular weight is 302 g/mol. The highest BCUT2D eigenvalue weighted by molar-refractivity contribution is 5.79. The van der Waals surface area contributed by atoms with Gasteiger partial charge in [0.25, 0.3) is 0 Å². The predicted octanol–water partition coefficient (Wildman–Crippen LogP) is 3.31. The van der Waals surface area contributed by atoms with Crippen LogP contribution in [0.25, 0.3) is 0 Å². The fourth-order valence-electron chi connectivity index (χ4n) is 2.93. The van der Waals surface area contributed by atoms with E-state index in [4.69, 9.17) is 0 Å². The van der Waals surface area contributed by atoms with E-state index in [0.717, 1.165) is 13.0 Å². The molecular weight excluding hydrogens is 272 g/mol. The van der Waals surface area contributed by atoms with Crippen LogP contribution < -0.4 is 10.6 Å². The van der Waals surface area contributed by atoms with Crippen LogP contribution in [0, 0.1) is 17.8 Å². The predicted molar refractivity (Wildman–Crippen MR) is 91.7 cm³/mol. The van der Waals surface area contributed by atoms with Crippen molar-refractivity contribution < 1.29 is 4.79 Å². The molecule has 2 rings (SSSR count). The summed E-state index contributed by atoms with van der Waals surface area (Å²) in [5.74, 6) is 1.44. The van der Waals surface area contributed by atoms with Gasteiger partial charge in [-0.05, 0) is 49.3 Å². The smallest absolute Gasteiger partial charge is 0.224 e. The summed E-state index contributed by atoms with van der Waals surface area (Å²) in [6.07, 6.45) is 3.55. The first kappa shape index (κ1) is 17.0. The lowest BCUT2D eigenvalue weighted by molar-refractivity contribution is -0.125. The van der Waals surface area contributed by atoms with Crippen molar-refractivity contribution in [3.05, 3.63) is 35.4 Å². The molecule has 122 valence electrons. The van der Waals surface area contributed by atoms with E-state index < -0.39 is 0 Å². The SMILES string of the molecule is CNCC(C)C(=O)NC(c1ccc(CC(C)C)cc1)C1CC1. The number of benzene rings is 1. The maximum atomic E-state index is 12.3. The second-order valence-electron chi connectivity index (χ2n) is 7.12. The minimum atomic E-state index is 0.00599. The Hall–Kier alpha value is -1.35. The van der Waals surface area contributed by atoms with Crippen molar-refractivity contribution in [1.29, 1.82) is 0 Å². The number of carbonyl (C=O) groups excluding carboxylic acids is 1. The van der Waals surface area contributed by atoms with E-state index >= 15 is 0 Å². The molecule has 0 aromatic heterocycles. The molecule has 2 N–H and O–H groups in total. The first-order valence-electron chi connectivity index (χ1n) is 8.55. The van der Waals surface area contributed by atoms with Crippen LogP contribution in [-0.2, 0) is 11.2 Å². The number of rotatable bonds is 8. The zero-order chi connectivity index (χ0) is 16.1. The molecule has 1 aliphatic carbocycles. The maximum Gasteiger partial charge on any atom is 0.224 e. The molecule has 0 bridgehead atoms. The molecule has 1 saturated carbocycles. The molecule has 2 atom stereocenters. The van der Waals surface area contributed by atoms with Gasteiger partial charge in [-0.3, -0.25) is 4.79 Å². The number of hydrogen-bond donors (Lipinski definition) is 2. The average Bonchev–Trinajstić information content (AvgIpc) is 3.29. The van der Waals surface area contributed by atoms with Crippen molar-refractivity contribution in [3.63, 3.8) is 0 Å². The highest BCUT2D eigenvalue weighted by atomic mass is 16.1. The summed E-state index contributed by atoms with van der Waals surface area (Å²) in [5, 5.41) is 6.33. The van der Waals surface area contributed by atoms with Crippen LogP contribution in [0.3, 0.4) is 0 Å². The molecule has 1 aliphatic rings. The van der Waals surface area contributed by atoms with Crippen molar-refractivity contribution in [3.8, 4) is 0 Å². The Morgan fingerprint density at radius 2 is 1.82 bits per heavy atom. The van der Waals surface area contributed by atoms with E-state index in [2.05, 4.69) is 48.7 Å². The van der Waals surface area contributed by atoms with Crippen LogP contribution >= 0.6 is 0 Å². The van der Waals surface area contributed by atoms with Gasteiger partial charge in [-0.15, -0.1) is 0 Å². The minimum absolute atomic E-state index is 0.00599. The molecule has 0 spiro atoms. The number of carbonyl (C=O) groups is 1. The second kappa shape index (κ2) is 7.77. The number of nitrogens with one attached hydrogen (secondary N) is 2. The van der Waals surface area contributed by atoms with Gasteiger partial charge in [0, 0.05) is 12.5 Å². The van der Waals surface area contributed by atoms with Crippen molar-refractivity contribution >= 4 is 5.91 Å². The quantitative estimate of drug-likeness (QED) is 0.773. The van der Waals surface area contributed by atoms with Gasteiger partial charge >= 0.3 is 0 Å². The lowest BCUT2D eigenvalue weighted by atomic mass is 9.97. The molecule has 3 heteroatoms. The van der Waals surface area contributed by atoms with Crippen LogP contribution in [0.2, 0.25) is 0 Å². The Morgan fingerprint density at radius 1 is 1.18 bits per heavy atom. The molecular formula is C19H30N2O. The van der Waals surface area contributed by atoms with Gasteiger partial charge < -0.3 is 10.6 Å². The van der Waals surface area contributed by atoms with Crippen LogP contribution in [0.5, 0.6) is 0 Å². The van der Waals surface area contributed by atoms with Crippen LogP contribution in [0.4, 0.5) is 0 Å². The molecule has 0 radical (unpaired) electrons. The Kier molecular flexibility index (Phi) is 6.01. The van der Waals surface area contributed by atoms with Crippen molar-refractivity contribution in [2.75, 3.05) is 13.6 Å². The summed E-state index contributed by atoms with van der Waals surface area (Å²) in [6.45, 7) is 7.17. The van der Waals surface area contributed by atoms with E-state index in [1.807, 2.05) is 14.0 Å². The Labute approximate surface area is 134 Å². The Morgan fingerprint density at radius 3 is 2.32 bits per heavy atom. The molecule has 1 fully saturated rings. The maximum absolute atomic E-state index is 12.3. The molecule has 1 aromatic carbocycles. The summed E-state index contributed by atoms with van der Waals surface area (Å²) >= 11 is 0. The van der Waals surface area contributed by atoms with Crippen molar-refractivity contribution in [2.45, 2.75) is 46.1 Å². The van der Waals surface area contributed by atoms with E-state index in [0.29, 0.717) is 11.8 Å². The third kappa shape index (κ3) is 4.84. The third-order valence-corrected chi connectivity index (χ3v) is 4.33. The summed E-state index contributed by atoms with van der Waals surface area (Å²) in [5.41, 5.74) is 2.63. The molecule has 1 aromatic rings. The van der Waals surface area contributed by atoms with Gasteiger partial charge in [0.15, 0.2) is 0 Å².